The van der Waals surface area contributed by atoms with Crippen LogP contribution in [0, 0.1) is 6.92 Å². The van der Waals surface area contributed by atoms with Crippen molar-refractivity contribution in [2.45, 2.75) is 26.4 Å². The van der Waals surface area contributed by atoms with Crippen molar-refractivity contribution in [1.82, 2.24) is 9.97 Å². The monoisotopic (exact) mass is 481 g/mol. The molecular weight excluding hydrogens is 461 g/mol. The van der Waals surface area contributed by atoms with Gasteiger partial charge >= 0.3 is 5.97 Å². The number of aromatic nitrogens is 2. The molecule has 1 heterocycles. The second kappa shape index (κ2) is 9.65. The number of imidazole rings is 1. The minimum atomic E-state index is -0.992. The van der Waals surface area contributed by atoms with E-state index in [1.165, 1.54) is 0 Å². The van der Waals surface area contributed by atoms with Gasteiger partial charge in [0.25, 0.3) is 5.91 Å². The van der Waals surface area contributed by atoms with E-state index in [-0.39, 0.29) is 5.02 Å². The van der Waals surface area contributed by atoms with Gasteiger partial charge in [0.1, 0.15) is 5.82 Å². The van der Waals surface area contributed by atoms with E-state index in [0.717, 1.165) is 16.6 Å². The summed E-state index contributed by atoms with van der Waals surface area (Å²) in [5.74, 6) is -0.387. The van der Waals surface area contributed by atoms with Crippen LogP contribution < -0.4 is 5.32 Å². The number of halogens is 2. The molecule has 33 heavy (non-hydrogen) atoms. The van der Waals surface area contributed by atoms with Gasteiger partial charge in [-0.15, -0.1) is 0 Å². The van der Waals surface area contributed by atoms with Gasteiger partial charge in [-0.3, -0.25) is 4.79 Å². The Morgan fingerprint density at radius 3 is 2.58 bits per heavy atom. The highest BCUT2D eigenvalue weighted by atomic mass is 35.5. The first-order chi connectivity index (χ1) is 15.9. The van der Waals surface area contributed by atoms with E-state index in [0.29, 0.717) is 34.0 Å². The van der Waals surface area contributed by atoms with E-state index < -0.39 is 18.0 Å². The summed E-state index contributed by atoms with van der Waals surface area (Å²) in [4.78, 5) is 33.3. The summed E-state index contributed by atoms with van der Waals surface area (Å²) in [6.07, 6.45) is -0.701. The number of hydrogen-bond donors (Lipinski definition) is 2. The van der Waals surface area contributed by atoms with E-state index in [4.69, 9.17) is 27.9 Å². The van der Waals surface area contributed by atoms with E-state index >= 15 is 0 Å². The second-order valence-electron chi connectivity index (χ2n) is 7.58. The normalized spacial score (nSPS) is 11.9. The number of amides is 1. The summed E-state index contributed by atoms with van der Waals surface area (Å²) >= 11 is 12.1. The largest absolute Gasteiger partial charge is 0.449 e. The van der Waals surface area contributed by atoms with Crippen LogP contribution in [0.4, 0.5) is 5.69 Å². The third kappa shape index (κ3) is 5.02. The molecule has 3 aromatic carbocycles. The Hall–Kier alpha value is -3.35. The number of esters is 1. The standard InChI is InChI=1S/C25H21Cl2N3O3/c1-3-21(24(31)30-19-6-4-5-17(26)22(19)27)33-25(32)16-11-12-18-20(13-16)29-23(28-18)15-9-7-14(2)8-10-15/h4-13,21H,3H2,1-2H3,(H,28,29)(H,30,31). The minimum Gasteiger partial charge on any atom is -0.449 e. The summed E-state index contributed by atoms with van der Waals surface area (Å²) in [5.41, 5.74) is 4.20. The summed E-state index contributed by atoms with van der Waals surface area (Å²) in [6.45, 7) is 3.77. The molecule has 4 aromatic rings. The van der Waals surface area contributed by atoms with Gasteiger partial charge < -0.3 is 15.0 Å². The average molecular weight is 482 g/mol. The van der Waals surface area contributed by atoms with Crippen LogP contribution in [0.1, 0.15) is 29.3 Å². The van der Waals surface area contributed by atoms with Crippen LogP contribution in [0.5, 0.6) is 0 Å². The molecule has 0 aliphatic carbocycles. The fourth-order valence-electron chi connectivity index (χ4n) is 3.32. The fourth-order valence-corrected chi connectivity index (χ4v) is 3.67. The predicted octanol–water partition coefficient (Wildman–Crippen LogP) is 6.42. The lowest BCUT2D eigenvalue weighted by atomic mass is 10.1. The van der Waals surface area contributed by atoms with Crippen LogP contribution in [0.15, 0.2) is 60.7 Å². The highest BCUT2D eigenvalue weighted by Crippen LogP contribution is 2.30. The molecule has 4 rings (SSSR count). The number of aromatic amines is 1. The molecule has 168 valence electrons. The lowest BCUT2D eigenvalue weighted by Gasteiger charge is -2.17. The highest BCUT2D eigenvalue weighted by Gasteiger charge is 2.23. The maximum absolute atomic E-state index is 12.8. The summed E-state index contributed by atoms with van der Waals surface area (Å²) in [7, 11) is 0. The first-order valence-electron chi connectivity index (χ1n) is 10.4. The Balaban J connectivity index is 1.50. The number of nitrogens with zero attached hydrogens (tertiary/aromatic N) is 1. The maximum Gasteiger partial charge on any atom is 0.338 e. The van der Waals surface area contributed by atoms with Crippen molar-refractivity contribution in [3.63, 3.8) is 0 Å². The first-order valence-corrected chi connectivity index (χ1v) is 11.1. The van der Waals surface area contributed by atoms with Crippen LogP contribution in [-0.4, -0.2) is 27.9 Å². The van der Waals surface area contributed by atoms with Crippen LogP contribution in [0.25, 0.3) is 22.4 Å². The number of fused-ring (bicyclic) bond motifs is 1. The molecule has 0 aliphatic rings. The Morgan fingerprint density at radius 1 is 1.09 bits per heavy atom. The molecule has 0 aliphatic heterocycles. The van der Waals surface area contributed by atoms with Crippen LogP contribution in [-0.2, 0) is 9.53 Å². The summed E-state index contributed by atoms with van der Waals surface area (Å²) in [6, 6.07) is 17.9. The van der Waals surface area contributed by atoms with Crippen molar-refractivity contribution < 1.29 is 14.3 Å². The summed E-state index contributed by atoms with van der Waals surface area (Å²) in [5, 5.41) is 3.21. The van der Waals surface area contributed by atoms with E-state index in [2.05, 4.69) is 15.3 Å². The van der Waals surface area contributed by atoms with Crippen LogP contribution in [0.2, 0.25) is 10.0 Å². The second-order valence-corrected chi connectivity index (χ2v) is 8.36. The number of nitrogens with one attached hydrogen (secondary N) is 2. The molecule has 1 aromatic heterocycles. The van der Waals surface area contributed by atoms with Crippen molar-refractivity contribution >= 4 is 51.8 Å². The van der Waals surface area contributed by atoms with Crippen LogP contribution >= 0.6 is 23.2 Å². The first kappa shape index (κ1) is 22.8. The molecular formula is C25H21Cl2N3O3. The molecule has 1 atom stereocenters. The number of aryl methyl sites for hydroxylation is 1. The molecule has 6 nitrogen and oxygen atoms in total. The number of hydrogen-bond acceptors (Lipinski definition) is 4. The topological polar surface area (TPSA) is 84.1 Å². The Kier molecular flexibility index (Phi) is 6.67. The van der Waals surface area contributed by atoms with Crippen LogP contribution in [0.3, 0.4) is 0 Å². The number of ether oxygens (including phenoxy) is 1. The molecule has 1 amide bonds. The Bertz CT molecular complexity index is 1330. The zero-order valence-corrected chi connectivity index (χ0v) is 19.5. The predicted molar refractivity (Wildman–Crippen MR) is 131 cm³/mol. The van der Waals surface area contributed by atoms with Crippen molar-refractivity contribution in [3.8, 4) is 11.4 Å². The smallest absolute Gasteiger partial charge is 0.338 e. The van der Waals surface area contributed by atoms with Gasteiger partial charge in [0, 0.05) is 5.56 Å². The number of benzene rings is 3. The number of carbonyl (C=O) groups excluding carboxylic acids is 2. The third-order valence-electron chi connectivity index (χ3n) is 5.16. The fraction of sp³-hybridized carbons (Fsp3) is 0.160. The van der Waals surface area contributed by atoms with E-state index in [9.17, 15) is 9.59 Å². The molecule has 2 N–H and O–H groups in total. The maximum atomic E-state index is 12.8. The number of rotatable bonds is 6. The van der Waals surface area contributed by atoms with Gasteiger partial charge in [0.15, 0.2) is 6.10 Å². The summed E-state index contributed by atoms with van der Waals surface area (Å²) < 4.78 is 5.48. The quantitative estimate of drug-likeness (QED) is 0.311. The van der Waals surface area contributed by atoms with Crippen molar-refractivity contribution in [3.05, 3.63) is 81.8 Å². The molecule has 1 unspecified atom stereocenters. The van der Waals surface area contributed by atoms with Crippen molar-refractivity contribution in [2.75, 3.05) is 5.32 Å². The number of carbonyl (C=O) groups is 2. The minimum absolute atomic E-state index is 0.225. The molecule has 0 saturated carbocycles. The highest BCUT2D eigenvalue weighted by molar-refractivity contribution is 6.44. The SMILES string of the molecule is CCC(OC(=O)c1ccc2nc(-c3ccc(C)cc3)[nH]c2c1)C(=O)Nc1cccc(Cl)c1Cl. The zero-order chi connectivity index (χ0) is 23.5. The van der Waals surface area contributed by atoms with Gasteiger partial charge in [-0.25, -0.2) is 9.78 Å². The van der Waals surface area contributed by atoms with Crippen molar-refractivity contribution in [1.29, 1.82) is 0 Å². The van der Waals surface area contributed by atoms with E-state index in [1.54, 1.807) is 43.3 Å². The van der Waals surface area contributed by atoms with Crippen molar-refractivity contribution in [2.24, 2.45) is 0 Å². The van der Waals surface area contributed by atoms with Gasteiger partial charge in [0.05, 0.1) is 32.3 Å². The molecule has 0 spiro atoms. The van der Waals surface area contributed by atoms with Gasteiger partial charge in [-0.05, 0) is 43.7 Å². The average Bonchev–Trinajstić information content (AvgIpc) is 3.24. The Morgan fingerprint density at radius 2 is 1.85 bits per heavy atom. The lowest BCUT2D eigenvalue weighted by molar-refractivity contribution is -0.124. The van der Waals surface area contributed by atoms with E-state index in [1.807, 2.05) is 31.2 Å². The zero-order valence-electron chi connectivity index (χ0n) is 18.0. The van der Waals surface area contributed by atoms with Gasteiger partial charge in [0.2, 0.25) is 0 Å². The molecule has 8 heteroatoms. The molecule has 0 fully saturated rings. The Labute approximate surface area is 200 Å². The van der Waals surface area contributed by atoms with Gasteiger partial charge in [-0.1, -0.05) is 66.0 Å². The molecule has 0 saturated heterocycles. The third-order valence-corrected chi connectivity index (χ3v) is 5.98. The molecule has 0 radical (unpaired) electrons. The lowest BCUT2D eigenvalue weighted by Crippen LogP contribution is -2.32. The number of anilines is 1. The number of H-pyrrole nitrogens is 1. The van der Waals surface area contributed by atoms with Gasteiger partial charge in [-0.2, -0.15) is 0 Å². The molecule has 0 bridgehead atoms.